The van der Waals surface area contributed by atoms with Gasteiger partial charge in [0.1, 0.15) is 11.4 Å². The van der Waals surface area contributed by atoms with Crippen molar-refractivity contribution in [1.82, 2.24) is 4.98 Å². The van der Waals surface area contributed by atoms with Gasteiger partial charge in [-0.2, -0.15) is 0 Å². The monoisotopic (exact) mass is 290 g/mol. The second-order valence-electron chi connectivity index (χ2n) is 4.91. The van der Waals surface area contributed by atoms with Gasteiger partial charge in [-0.3, -0.25) is 4.79 Å². The van der Waals surface area contributed by atoms with Crippen molar-refractivity contribution in [3.8, 4) is 29.2 Å². The van der Waals surface area contributed by atoms with Crippen LogP contribution in [-0.2, 0) is 0 Å². The number of H-pyrrole nitrogens is 1. The Hall–Kier alpha value is -3.19. The van der Waals surface area contributed by atoms with Crippen LogP contribution in [0.5, 0.6) is 5.75 Å². The van der Waals surface area contributed by atoms with E-state index in [9.17, 15) is 4.79 Å². The fourth-order valence-corrected chi connectivity index (χ4v) is 2.46. The van der Waals surface area contributed by atoms with Gasteiger partial charge < -0.3 is 15.5 Å². The third-order valence-corrected chi connectivity index (χ3v) is 3.56. The molecule has 0 bridgehead atoms. The Balaban J connectivity index is 2.25. The summed E-state index contributed by atoms with van der Waals surface area (Å²) >= 11 is 0. The normalized spacial score (nSPS) is 10.4. The van der Waals surface area contributed by atoms with Crippen molar-refractivity contribution in [3.05, 3.63) is 53.7 Å². The zero-order valence-corrected chi connectivity index (χ0v) is 12.0. The Bertz CT molecular complexity index is 899. The molecule has 1 amide bonds. The number of nitrogens with one attached hydrogen (secondary N) is 1. The van der Waals surface area contributed by atoms with Crippen LogP contribution in [-0.4, -0.2) is 18.0 Å². The second-order valence-corrected chi connectivity index (χ2v) is 4.91. The number of ether oxygens (including phenoxy) is 1. The van der Waals surface area contributed by atoms with Gasteiger partial charge in [0.05, 0.1) is 12.6 Å². The van der Waals surface area contributed by atoms with Gasteiger partial charge in [-0.25, -0.2) is 0 Å². The number of carbonyl (C=O) groups excluding carboxylic acids is 1. The number of nitrogens with two attached hydrogens (primary N) is 1. The van der Waals surface area contributed by atoms with Crippen LogP contribution in [0.2, 0.25) is 0 Å². The molecule has 0 aliphatic carbocycles. The predicted molar refractivity (Wildman–Crippen MR) is 86.7 cm³/mol. The molecule has 1 aromatic heterocycles. The number of hydrogen-bond donors (Lipinski definition) is 2. The third-order valence-electron chi connectivity index (χ3n) is 3.56. The van der Waals surface area contributed by atoms with E-state index in [1.807, 2.05) is 36.4 Å². The fourth-order valence-electron chi connectivity index (χ4n) is 2.46. The molecule has 108 valence electrons. The van der Waals surface area contributed by atoms with E-state index in [4.69, 9.17) is 16.9 Å². The molecule has 22 heavy (non-hydrogen) atoms. The van der Waals surface area contributed by atoms with Gasteiger partial charge in [-0.1, -0.05) is 18.1 Å². The number of methoxy groups -OCH3 is 1. The summed E-state index contributed by atoms with van der Waals surface area (Å²) in [7, 11) is 1.62. The minimum absolute atomic E-state index is 0.360. The third kappa shape index (κ3) is 2.29. The first-order valence-corrected chi connectivity index (χ1v) is 6.70. The van der Waals surface area contributed by atoms with Gasteiger partial charge in [0.2, 0.25) is 0 Å². The lowest BCUT2D eigenvalue weighted by molar-refractivity contribution is 0.0996. The molecule has 4 nitrogen and oxygen atoms in total. The van der Waals surface area contributed by atoms with Crippen molar-refractivity contribution in [2.24, 2.45) is 5.73 Å². The smallest absolute Gasteiger partial charge is 0.265 e. The number of hydrogen-bond acceptors (Lipinski definition) is 2. The highest BCUT2D eigenvalue weighted by Crippen LogP contribution is 2.31. The fraction of sp³-hybridized carbons (Fsp3) is 0.0556. The molecule has 3 aromatic rings. The van der Waals surface area contributed by atoms with Crippen LogP contribution in [0.15, 0.2) is 42.5 Å². The number of aromatic nitrogens is 1. The van der Waals surface area contributed by atoms with Crippen molar-refractivity contribution in [2.75, 3.05) is 7.11 Å². The molecule has 3 N–H and O–H groups in total. The molecule has 0 spiro atoms. The van der Waals surface area contributed by atoms with Crippen molar-refractivity contribution in [1.29, 1.82) is 0 Å². The summed E-state index contributed by atoms with van der Waals surface area (Å²) in [6.07, 6.45) is 5.53. The number of rotatable bonds is 3. The quantitative estimate of drug-likeness (QED) is 0.728. The van der Waals surface area contributed by atoms with Crippen LogP contribution >= 0.6 is 0 Å². The van der Waals surface area contributed by atoms with Crippen LogP contribution in [0, 0.1) is 12.3 Å². The first-order valence-electron chi connectivity index (χ1n) is 6.70. The maximum atomic E-state index is 11.4. The van der Waals surface area contributed by atoms with E-state index in [1.165, 1.54) is 0 Å². The van der Waals surface area contributed by atoms with Gasteiger partial charge in [0.15, 0.2) is 0 Å². The Labute approximate surface area is 127 Å². The van der Waals surface area contributed by atoms with E-state index in [0.717, 1.165) is 33.3 Å². The molecule has 4 heteroatoms. The lowest BCUT2D eigenvalue weighted by atomic mass is 10.00. The van der Waals surface area contributed by atoms with E-state index in [2.05, 4.69) is 10.9 Å². The Morgan fingerprint density at radius 3 is 2.55 bits per heavy atom. The molecule has 0 atom stereocenters. The molecule has 2 aromatic carbocycles. The summed E-state index contributed by atoms with van der Waals surface area (Å²) in [6, 6.07) is 13.1. The van der Waals surface area contributed by atoms with E-state index < -0.39 is 5.91 Å². The maximum absolute atomic E-state index is 11.4. The number of primary amides is 1. The largest absolute Gasteiger partial charge is 0.497 e. The lowest BCUT2D eigenvalue weighted by Crippen LogP contribution is -2.10. The first-order chi connectivity index (χ1) is 10.6. The number of fused-ring (bicyclic) bond motifs is 1. The average Bonchev–Trinajstić information content (AvgIpc) is 2.98. The van der Waals surface area contributed by atoms with Crippen LogP contribution in [0.1, 0.15) is 16.1 Å². The molecule has 0 unspecified atom stereocenters. The summed E-state index contributed by atoms with van der Waals surface area (Å²) in [5.74, 6) is 2.91. The Morgan fingerprint density at radius 2 is 1.95 bits per heavy atom. The molecule has 0 aliphatic heterocycles. The van der Waals surface area contributed by atoms with Gasteiger partial charge in [-0.15, -0.1) is 6.42 Å². The number of aromatic amines is 1. The van der Waals surface area contributed by atoms with Crippen molar-refractivity contribution in [3.63, 3.8) is 0 Å². The van der Waals surface area contributed by atoms with Crippen LogP contribution < -0.4 is 10.5 Å². The molecule has 3 rings (SSSR count). The zero-order chi connectivity index (χ0) is 15.7. The van der Waals surface area contributed by atoms with Gasteiger partial charge in [0, 0.05) is 16.5 Å². The molecular weight excluding hydrogens is 276 g/mol. The Kier molecular flexibility index (Phi) is 3.32. The molecule has 0 saturated carbocycles. The lowest BCUT2D eigenvalue weighted by Gasteiger charge is -2.07. The molecular formula is C18H14N2O2. The number of benzene rings is 2. The predicted octanol–water partition coefficient (Wildman–Crippen LogP) is 2.92. The second kappa shape index (κ2) is 5.30. The first kappa shape index (κ1) is 13.8. The highest BCUT2D eigenvalue weighted by Gasteiger charge is 2.12. The number of amides is 1. The summed E-state index contributed by atoms with van der Waals surface area (Å²) < 4.78 is 5.17. The zero-order valence-electron chi connectivity index (χ0n) is 12.0. The van der Waals surface area contributed by atoms with Gasteiger partial charge in [-0.05, 0) is 35.9 Å². The minimum atomic E-state index is -0.501. The molecule has 0 radical (unpaired) electrons. The van der Waals surface area contributed by atoms with Crippen molar-refractivity contribution in [2.45, 2.75) is 0 Å². The van der Waals surface area contributed by atoms with E-state index in [-0.39, 0.29) is 0 Å². The molecule has 0 aliphatic rings. The number of terminal acetylenes is 1. The van der Waals surface area contributed by atoms with E-state index >= 15 is 0 Å². The molecule has 0 fully saturated rings. The van der Waals surface area contributed by atoms with Crippen LogP contribution in [0.3, 0.4) is 0 Å². The van der Waals surface area contributed by atoms with Gasteiger partial charge in [0.25, 0.3) is 5.91 Å². The highest BCUT2D eigenvalue weighted by molar-refractivity contribution is 6.02. The highest BCUT2D eigenvalue weighted by atomic mass is 16.5. The average molecular weight is 290 g/mol. The van der Waals surface area contributed by atoms with Crippen LogP contribution in [0.4, 0.5) is 0 Å². The standard InChI is InChI=1S/C18H14N2O2/c1-3-11-8-13-10-16(18(19)21)20-17(13)15(9-11)12-4-6-14(22-2)7-5-12/h1,4-10,20H,2H3,(H2,19,21). The summed E-state index contributed by atoms with van der Waals surface area (Å²) in [5.41, 5.74) is 9.17. The molecule has 1 heterocycles. The summed E-state index contributed by atoms with van der Waals surface area (Å²) in [6.45, 7) is 0. The van der Waals surface area contributed by atoms with E-state index in [1.54, 1.807) is 13.2 Å². The summed E-state index contributed by atoms with van der Waals surface area (Å²) in [5, 5.41) is 0.857. The SMILES string of the molecule is C#Cc1cc(-c2ccc(OC)cc2)c2[nH]c(C(N)=O)cc2c1. The minimum Gasteiger partial charge on any atom is -0.497 e. The number of carbonyl (C=O) groups is 1. The topological polar surface area (TPSA) is 68.1 Å². The van der Waals surface area contributed by atoms with Gasteiger partial charge >= 0.3 is 0 Å². The van der Waals surface area contributed by atoms with E-state index in [0.29, 0.717) is 5.69 Å². The van der Waals surface area contributed by atoms with Crippen molar-refractivity contribution < 1.29 is 9.53 Å². The summed E-state index contributed by atoms with van der Waals surface area (Å²) in [4.78, 5) is 14.5. The van der Waals surface area contributed by atoms with Crippen LogP contribution in [0.25, 0.3) is 22.0 Å². The molecule has 0 saturated heterocycles. The van der Waals surface area contributed by atoms with Crippen molar-refractivity contribution >= 4 is 16.8 Å². The Morgan fingerprint density at radius 1 is 1.23 bits per heavy atom. The maximum Gasteiger partial charge on any atom is 0.265 e.